The van der Waals surface area contributed by atoms with Gasteiger partial charge in [0, 0.05) is 0 Å². The summed E-state index contributed by atoms with van der Waals surface area (Å²) in [6.45, 7) is -0.543. The van der Waals surface area contributed by atoms with Gasteiger partial charge in [-0.2, -0.15) is 0 Å². The van der Waals surface area contributed by atoms with Crippen molar-refractivity contribution in [1.29, 1.82) is 0 Å². The van der Waals surface area contributed by atoms with Crippen molar-refractivity contribution >= 4 is 11.8 Å². The van der Waals surface area contributed by atoms with Gasteiger partial charge in [-0.05, 0) is 12.0 Å². The van der Waals surface area contributed by atoms with Crippen LogP contribution >= 0.6 is 0 Å². The van der Waals surface area contributed by atoms with Gasteiger partial charge in [0.2, 0.25) is 11.8 Å². The van der Waals surface area contributed by atoms with Crippen molar-refractivity contribution in [2.45, 2.75) is 18.5 Å². The topological polar surface area (TPSA) is 118 Å². The number of hydrogen-bond acceptors (Lipinski definition) is 4. The van der Waals surface area contributed by atoms with Gasteiger partial charge in [0.15, 0.2) is 0 Å². The number of aliphatic hydroxyl groups is 1. The number of benzene rings is 1. The summed E-state index contributed by atoms with van der Waals surface area (Å²) < 4.78 is 0. The minimum atomic E-state index is -1.10. The van der Waals surface area contributed by atoms with Crippen LogP contribution in [0.5, 0.6) is 0 Å². The highest BCUT2D eigenvalue weighted by atomic mass is 16.3. The van der Waals surface area contributed by atoms with Crippen molar-refractivity contribution in [2.75, 3.05) is 6.61 Å². The molecule has 1 aromatic rings. The summed E-state index contributed by atoms with van der Waals surface area (Å²) in [7, 11) is 0. The molecule has 0 saturated heterocycles. The average Bonchev–Trinajstić information content (AvgIpc) is 2.36. The molecule has 0 fully saturated rings. The van der Waals surface area contributed by atoms with E-state index in [9.17, 15) is 9.59 Å². The van der Waals surface area contributed by atoms with Crippen molar-refractivity contribution in [3.63, 3.8) is 0 Å². The molecule has 2 atom stereocenters. The molecule has 18 heavy (non-hydrogen) atoms. The Bertz CT molecular complexity index is 408. The Morgan fingerprint density at radius 2 is 1.89 bits per heavy atom. The SMILES string of the molecule is NC(=O)[C@H](CO)NC(=O)[C@H](N)Cc1ccccc1. The van der Waals surface area contributed by atoms with Gasteiger partial charge in [-0.1, -0.05) is 30.3 Å². The summed E-state index contributed by atoms with van der Waals surface area (Å²) in [6.07, 6.45) is 0.351. The van der Waals surface area contributed by atoms with Crippen molar-refractivity contribution in [1.82, 2.24) is 5.32 Å². The van der Waals surface area contributed by atoms with Crippen molar-refractivity contribution in [3.05, 3.63) is 35.9 Å². The lowest BCUT2D eigenvalue weighted by molar-refractivity contribution is -0.128. The Morgan fingerprint density at radius 3 is 2.39 bits per heavy atom. The van der Waals surface area contributed by atoms with Crippen LogP contribution in [0.4, 0.5) is 0 Å². The fourth-order valence-electron chi connectivity index (χ4n) is 1.45. The van der Waals surface area contributed by atoms with E-state index < -0.39 is 30.5 Å². The maximum atomic E-state index is 11.7. The van der Waals surface area contributed by atoms with Crippen molar-refractivity contribution in [3.8, 4) is 0 Å². The van der Waals surface area contributed by atoms with Gasteiger partial charge in [-0.15, -0.1) is 0 Å². The summed E-state index contributed by atoms with van der Waals surface area (Å²) >= 11 is 0. The molecule has 0 aliphatic carbocycles. The van der Waals surface area contributed by atoms with E-state index in [0.717, 1.165) is 5.56 Å². The lowest BCUT2D eigenvalue weighted by atomic mass is 10.1. The molecular weight excluding hydrogens is 234 g/mol. The first-order chi connectivity index (χ1) is 8.54. The average molecular weight is 251 g/mol. The van der Waals surface area contributed by atoms with Crippen LogP contribution in [-0.4, -0.2) is 35.6 Å². The van der Waals surface area contributed by atoms with E-state index in [0.29, 0.717) is 6.42 Å². The molecule has 6 N–H and O–H groups in total. The standard InChI is InChI=1S/C12H17N3O3/c13-9(6-8-4-2-1-3-5-8)12(18)15-10(7-16)11(14)17/h1-5,9-10,16H,6-7,13H2,(H2,14,17)(H,15,18)/t9-,10+/m1/s1. The summed E-state index contributed by atoms with van der Waals surface area (Å²) in [6, 6.07) is 7.37. The fraction of sp³-hybridized carbons (Fsp3) is 0.333. The fourth-order valence-corrected chi connectivity index (χ4v) is 1.45. The minimum absolute atomic E-state index is 0.351. The molecule has 2 amide bonds. The molecule has 1 aromatic carbocycles. The number of primary amides is 1. The van der Waals surface area contributed by atoms with E-state index in [2.05, 4.69) is 5.32 Å². The summed E-state index contributed by atoms with van der Waals surface area (Å²) in [5, 5.41) is 11.2. The van der Waals surface area contributed by atoms with E-state index in [4.69, 9.17) is 16.6 Å². The molecule has 0 aromatic heterocycles. The third-order valence-electron chi connectivity index (χ3n) is 2.48. The van der Waals surface area contributed by atoms with E-state index in [-0.39, 0.29) is 0 Å². The number of hydrogen-bond donors (Lipinski definition) is 4. The number of aliphatic hydroxyl groups excluding tert-OH is 1. The number of carbonyl (C=O) groups excluding carboxylic acids is 2. The number of rotatable bonds is 6. The summed E-state index contributed by atoms with van der Waals surface area (Å²) in [5.41, 5.74) is 11.6. The second-order valence-electron chi connectivity index (χ2n) is 3.94. The first-order valence-corrected chi connectivity index (χ1v) is 5.54. The first kappa shape index (κ1) is 14.1. The predicted octanol–water partition coefficient (Wildman–Crippen LogP) is -1.48. The molecular formula is C12H17N3O3. The molecule has 0 unspecified atom stereocenters. The van der Waals surface area contributed by atoms with Gasteiger partial charge in [0.1, 0.15) is 6.04 Å². The van der Waals surface area contributed by atoms with E-state index in [1.54, 1.807) is 0 Å². The third kappa shape index (κ3) is 4.15. The second kappa shape index (κ2) is 6.73. The Labute approximate surface area is 105 Å². The molecule has 6 heteroatoms. The highest BCUT2D eigenvalue weighted by molar-refractivity contribution is 5.89. The van der Waals surface area contributed by atoms with Gasteiger partial charge in [0.05, 0.1) is 12.6 Å². The largest absolute Gasteiger partial charge is 0.394 e. The Balaban J connectivity index is 2.54. The quantitative estimate of drug-likeness (QED) is 0.493. The molecule has 0 saturated carbocycles. The van der Waals surface area contributed by atoms with Crippen LogP contribution in [0.15, 0.2) is 30.3 Å². The van der Waals surface area contributed by atoms with Crippen molar-refractivity contribution in [2.24, 2.45) is 11.5 Å². The lowest BCUT2D eigenvalue weighted by Crippen LogP contribution is -2.52. The molecule has 0 spiro atoms. The second-order valence-corrected chi connectivity index (χ2v) is 3.94. The summed E-state index contributed by atoms with van der Waals surface area (Å²) in [4.78, 5) is 22.5. The van der Waals surface area contributed by atoms with Gasteiger partial charge >= 0.3 is 0 Å². The smallest absolute Gasteiger partial charge is 0.242 e. The van der Waals surface area contributed by atoms with Crippen LogP contribution in [0.2, 0.25) is 0 Å². The Hall–Kier alpha value is -1.92. The molecule has 1 rings (SSSR count). The summed E-state index contributed by atoms with van der Waals surface area (Å²) in [5.74, 6) is -1.31. The normalized spacial score (nSPS) is 13.7. The highest BCUT2D eigenvalue weighted by Crippen LogP contribution is 2.02. The monoisotopic (exact) mass is 251 g/mol. The maximum Gasteiger partial charge on any atom is 0.242 e. The zero-order valence-electron chi connectivity index (χ0n) is 9.87. The minimum Gasteiger partial charge on any atom is -0.394 e. The van der Waals surface area contributed by atoms with Crippen LogP contribution in [-0.2, 0) is 16.0 Å². The van der Waals surface area contributed by atoms with Crippen LogP contribution in [0.3, 0.4) is 0 Å². The third-order valence-corrected chi connectivity index (χ3v) is 2.48. The molecule has 98 valence electrons. The van der Waals surface area contributed by atoms with Crippen LogP contribution in [0.25, 0.3) is 0 Å². The first-order valence-electron chi connectivity index (χ1n) is 5.54. The van der Waals surface area contributed by atoms with Gasteiger partial charge in [-0.3, -0.25) is 9.59 Å². The zero-order valence-corrected chi connectivity index (χ0v) is 9.87. The van der Waals surface area contributed by atoms with Gasteiger partial charge < -0.3 is 21.9 Å². The molecule has 0 radical (unpaired) electrons. The number of nitrogens with two attached hydrogens (primary N) is 2. The van der Waals surface area contributed by atoms with E-state index >= 15 is 0 Å². The number of amides is 2. The lowest BCUT2D eigenvalue weighted by Gasteiger charge is -2.16. The van der Waals surface area contributed by atoms with Crippen molar-refractivity contribution < 1.29 is 14.7 Å². The molecule has 6 nitrogen and oxygen atoms in total. The maximum absolute atomic E-state index is 11.7. The zero-order chi connectivity index (χ0) is 13.5. The predicted molar refractivity (Wildman–Crippen MR) is 66.3 cm³/mol. The number of nitrogens with one attached hydrogen (secondary N) is 1. The van der Waals surface area contributed by atoms with Crippen LogP contribution < -0.4 is 16.8 Å². The van der Waals surface area contributed by atoms with Gasteiger partial charge in [-0.25, -0.2) is 0 Å². The highest BCUT2D eigenvalue weighted by Gasteiger charge is 2.21. The van der Waals surface area contributed by atoms with Crippen LogP contribution in [0, 0.1) is 0 Å². The van der Waals surface area contributed by atoms with E-state index in [1.807, 2.05) is 30.3 Å². The van der Waals surface area contributed by atoms with Crippen LogP contribution in [0.1, 0.15) is 5.56 Å². The number of carbonyl (C=O) groups is 2. The Morgan fingerprint density at radius 1 is 1.28 bits per heavy atom. The molecule has 0 bridgehead atoms. The van der Waals surface area contributed by atoms with Gasteiger partial charge in [0.25, 0.3) is 0 Å². The Kier molecular flexibility index (Phi) is 5.29. The molecule has 0 aliphatic rings. The van der Waals surface area contributed by atoms with E-state index in [1.165, 1.54) is 0 Å². The molecule has 0 heterocycles. The molecule has 0 aliphatic heterocycles.